The number of amides is 3. The lowest BCUT2D eigenvalue weighted by atomic mass is 9.78. The molecule has 1 N–H and O–H groups in total. The molecule has 0 bridgehead atoms. The van der Waals surface area contributed by atoms with Gasteiger partial charge in [-0.2, -0.15) is 0 Å². The van der Waals surface area contributed by atoms with Gasteiger partial charge in [0.25, 0.3) is 5.91 Å². The number of carbonyl (C=O) groups excluding carboxylic acids is 3. The number of rotatable bonds is 4. The summed E-state index contributed by atoms with van der Waals surface area (Å²) in [6.07, 6.45) is 8.02. The molecule has 7 rings (SSSR count). The number of aliphatic hydroxyl groups excluding tert-OH is 1. The molecule has 6 atom stereocenters. The van der Waals surface area contributed by atoms with Gasteiger partial charge in [-0.05, 0) is 42.0 Å². The highest BCUT2D eigenvalue weighted by Gasteiger charge is 2.71. The zero-order valence-corrected chi connectivity index (χ0v) is 23.5. The van der Waals surface area contributed by atoms with Crippen LogP contribution in [-0.4, -0.2) is 69.5 Å². The lowest BCUT2D eigenvalue weighted by molar-refractivity contribution is -0.141. The summed E-state index contributed by atoms with van der Waals surface area (Å²) in [4.78, 5) is 48.3. The van der Waals surface area contributed by atoms with Crippen LogP contribution in [0.4, 0.5) is 11.4 Å². The van der Waals surface area contributed by atoms with Crippen LogP contribution in [0.25, 0.3) is 10.8 Å². The zero-order valence-electron chi connectivity index (χ0n) is 22.7. The van der Waals surface area contributed by atoms with Gasteiger partial charge in [0.05, 0.1) is 29.2 Å². The third-order valence-electron chi connectivity index (χ3n) is 8.95. The molecule has 3 amide bonds. The van der Waals surface area contributed by atoms with Gasteiger partial charge in [-0.15, -0.1) is 11.8 Å². The molecule has 0 saturated carbocycles. The van der Waals surface area contributed by atoms with Crippen LogP contribution in [0.2, 0.25) is 0 Å². The summed E-state index contributed by atoms with van der Waals surface area (Å²) in [6.45, 7) is 2.27. The van der Waals surface area contributed by atoms with E-state index in [1.54, 1.807) is 33.4 Å². The van der Waals surface area contributed by atoms with Crippen molar-refractivity contribution < 1.29 is 19.5 Å². The Bertz CT molecular complexity index is 1610. The summed E-state index contributed by atoms with van der Waals surface area (Å²) in [5.74, 6) is -1.90. The molecule has 4 heterocycles. The van der Waals surface area contributed by atoms with Crippen LogP contribution in [0.15, 0.2) is 97.1 Å². The van der Waals surface area contributed by atoms with Crippen molar-refractivity contribution in [1.29, 1.82) is 0 Å². The standard InChI is InChI=1S/C33H31N3O4S/c1-21(20-37)36-29-32(40)35(25-15-14-22-9-5-6-10-23(22)19-25)18-8-16-33(29)28(31(36)39)27-26(41-33)13-7-17-34(30(27)38)24-11-3-2-4-12-24/h2-16,19,21,26-29,37H,17-18,20H2,1H3/t21-,26-,27+,28+,29?,33+/m1/s1. The average Bonchev–Trinajstić information content (AvgIpc) is 3.32. The number of anilines is 2. The maximum absolute atomic E-state index is 14.6. The lowest BCUT2D eigenvalue weighted by Gasteiger charge is -2.37. The monoisotopic (exact) mass is 565 g/mol. The van der Waals surface area contributed by atoms with E-state index in [-0.39, 0.29) is 29.6 Å². The first kappa shape index (κ1) is 26.0. The fourth-order valence-electron chi connectivity index (χ4n) is 7.05. The minimum absolute atomic E-state index is 0.109. The van der Waals surface area contributed by atoms with Crippen molar-refractivity contribution in [2.24, 2.45) is 11.8 Å². The van der Waals surface area contributed by atoms with Crippen LogP contribution in [0.3, 0.4) is 0 Å². The Hall–Kier alpha value is -3.88. The number of likely N-dealkylation sites (tertiary alicyclic amines) is 1. The molecular weight excluding hydrogens is 534 g/mol. The van der Waals surface area contributed by atoms with Crippen molar-refractivity contribution in [3.8, 4) is 0 Å². The number of hydrogen-bond donors (Lipinski definition) is 1. The first-order chi connectivity index (χ1) is 19.9. The van der Waals surface area contributed by atoms with Gasteiger partial charge in [0.2, 0.25) is 11.8 Å². The fourth-order valence-corrected chi connectivity index (χ4v) is 9.05. The van der Waals surface area contributed by atoms with Gasteiger partial charge in [-0.3, -0.25) is 14.4 Å². The van der Waals surface area contributed by atoms with E-state index in [9.17, 15) is 19.5 Å². The minimum atomic E-state index is -0.932. The van der Waals surface area contributed by atoms with Crippen LogP contribution < -0.4 is 9.80 Å². The third-order valence-corrected chi connectivity index (χ3v) is 10.7. The van der Waals surface area contributed by atoms with Crippen LogP contribution >= 0.6 is 11.8 Å². The van der Waals surface area contributed by atoms with E-state index in [0.717, 1.165) is 22.1 Å². The molecule has 0 aromatic heterocycles. The molecule has 2 fully saturated rings. The number of thioether (sulfide) groups is 1. The molecule has 41 heavy (non-hydrogen) atoms. The molecule has 7 nitrogen and oxygen atoms in total. The zero-order chi connectivity index (χ0) is 28.3. The normalized spacial score (nSPS) is 29.8. The Balaban J connectivity index is 1.33. The number of benzene rings is 3. The number of fused-ring (bicyclic) bond motifs is 3. The number of aliphatic hydroxyl groups is 1. The maximum Gasteiger partial charge on any atom is 0.251 e. The molecule has 3 aromatic rings. The number of hydrogen-bond acceptors (Lipinski definition) is 5. The predicted molar refractivity (Wildman–Crippen MR) is 162 cm³/mol. The molecule has 2 saturated heterocycles. The molecular formula is C33H31N3O4S. The number of nitrogens with zero attached hydrogens (tertiary/aromatic N) is 3. The Morgan fingerprint density at radius 2 is 1.56 bits per heavy atom. The molecule has 4 aliphatic heterocycles. The smallest absolute Gasteiger partial charge is 0.251 e. The molecule has 3 aromatic carbocycles. The Morgan fingerprint density at radius 3 is 2.34 bits per heavy atom. The number of carbonyl (C=O) groups is 3. The van der Waals surface area contributed by atoms with Crippen LogP contribution in [0, 0.1) is 11.8 Å². The van der Waals surface area contributed by atoms with Crippen molar-refractivity contribution in [2.45, 2.75) is 29.0 Å². The third kappa shape index (κ3) is 3.88. The van der Waals surface area contributed by atoms with E-state index in [4.69, 9.17) is 0 Å². The van der Waals surface area contributed by atoms with E-state index in [1.165, 1.54) is 0 Å². The SMILES string of the molecule is C[C@H](CO)N1C(=O)[C@@H]2[C@H]3C(=O)N(c4ccccc4)CC=C[C@H]3S[C@@]23C=CCN(c2ccc4ccccc4c2)C(=O)C13. The highest BCUT2D eigenvalue weighted by Crippen LogP contribution is 2.61. The van der Waals surface area contributed by atoms with Gasteiger partial charge in [-0.25, -0.2) is 0 Å². The van der Waals surface area contributed by atoms with Crippen molar-refractivity contribution in [1.82, 2.24) is 4.90 Å². The highest BCUT2D eigenvalue weighted by atomic mass is 32.2. The van der Waals surface area contributed by atoms with Gasteiger partial charge < -0.3 is 19.8 Å². The van der Waals surface area contributed by atoms with Crippen molar-refractivity contribution >= 4 is 51.6 Å². The molecule has 1 spiro atoms. The summed E-state index contributed by atoms with van der Waals surface area (Å²) in [6, 6.07) is 22.0. The second kappa shape index (κ2) is 9.89. The highest BCUT2D eigenvalue weighted by molar-refractivity contribution is 8.02. The van der Waals surface area contributed by atoms with E-state index >= 15 is 0 Å². The minimum Gasteiger partial charge on any atom is -0.394 e. The summed E-state index contributed by atoms with van der Waals surface area (Å²) in [7, 11) is 0. The summed E-state index contributed by atoms with van der Waals surface area (Å²) in [5, 5.41) is 12.1. The molecule has 0 radical (unpaired) electrons. The lowest BCUT2D eigenvalue weighted by Crippen LogP contribution is -2.56. The van der Waals surface area contributed by atoms with E-state index in [1.807, 2.05) is 97.1 Å². The van der Waals surface area contributed by atoms with Crippen molar-refractivity contribution in [3.63, 3.8) is 0 Å². The van der Waals surface area contributed by atoms with Crippen molar-refractivity contribution in [3.05, 3.63) is 97.1 Å². The van der Waals surface area contributed by atoms with Crippen LogP contribution in [-0.2, 0) is 14.4 Å². The predicted octanol–water partition coefficient (Wildman–Crippen LogP) is 4.02. The average molecular weight is 566 g/mol. The van der Waals surface area contributed by atoms with Gasteiger partial charge >= 0.3 is 0 Å². The second-order valence-electron chi connectivity index (χ2n) is 11.2. The van der Waals surface area contributed by atoms with Crippen LogP contribution in [0.1, 0.15) is 6.92 Å². The van der Waals surface area contributed by atoms with Gasteiger partial charge in [-0.1, -0.05) is 72.8 Å². The summed E-state index contributed by atoms with van der Waals surface area (Å²) < 4.78 is -0.932. The summed E-state index contributed by atoms with van der Waals surface area (Å²) in [5.41, 5.74) is 1.54. The van der Waals surface area contributed by atoms with Gasteiger partial charge in [0.15, 0.2) is 0 Å². The van der Waals surface area contributed by atoms with E-state index in [0.29, 0.717) is 13.1 Å². The van der Waals surface area contributed by atoms with Gasteiger partial charge in [0, 0.05) is 29.7 Å². The molecule has 0 aliphatic carbocycles. The summed E-state index contributed by atoms with van der Waals surface area (Å²) >= 11 is 1.55. The topological polar surface area (TPSA) is 81.2 Å². The molecule has 4 aliphatic rings. The van der Waals surface area contributed by atoms with Crippen molar-refractivity contribution in [2.75, 3.05) is 29.5 Å². The van der Waals surface area contributed by atoms with Crippen LogP contribution in [0.5, 0.6) is 0 Å². The molecule has 208 valence electrons. The maximum atomic E-state index is 14.6. The largest absolute Gasteiger partial charge is 0.394 e. The Morgan fingerprint density at radius 1 is 0.854 bits per heavy atom. The van der Waals surface area contributed by atoms with E-state index in [2.05, 4.69) is 0 Å². The second-order valence-corrected chi connectivity index (χ2v) is 12.7. The van der Waals surface area contributed by atoms with Gasteiger partial charge in [0.1, 0.15) is 6.04 Å². The first-order valence-electron chi connectivity index (χ1n) is 14.1. The Labute approximate surface area is 243 Å². The number of para-hydroxylation sites is 1. The molecule has 8 heteroatoms. The Kier molecular flexibility index (Phi) is 6.28. The molecule has 1 unspecified atom stereocenters. The quantitative estimate of drug-likeness (QED) is 0.484. The first-order valence-corrected chi connectivity index (χ1v) is 14.9. The fraction of sp³-hybridized carbons (Fsp3) is 0.303. The van der Waals surface area contributed by atoms with E-state index < -0.39 is 28.7 Å².